The van der Waals surface area contributed by atoms with E-state index in [4.69, 9.17) is 0 Å². The van der Waals surface area contributed by atoms with Crippen LogP contribution in [0.5, 0.6) is 0 Å². The second-order valence-electron chi connectivity index (χ2n) is 4.07. The van der Waals surface area contributed by atoms with E-state index < -0.39 is 0 Å². The van der Waals surface area contributed by atoms with Gasteiger partial charge in [-0.25, -0.2) is 0 Å². The van der Waals surface area contributed by atoms with Crippen LogP contribution in [0.1, 0.15) is 15.4 Å². The number of thiophene rings is 1. The van der Waals surface area contributed by atoms with Crippen LogP contribution in [-0.4, -0.2) is 10.8 Å². The molecule has 0 atom stereocenters. The van der Waals surface area contributed by atoms with Gasteiger partial charge in [0.25, 0.3) is 0 Å². The predicted molar refractivity (Wildman–Crippen MR) is 74.1 cm³/mol. The zero-order valence-electron chi connectivity index (χ0n) is 9.67. The van der Waals surface area contributed by atoms with Crippen LogP contribution in [0.25, 0.3) is 10.1 Å². The Morgan fingerprint density at radius 3 is 2.72 bits per heavy atom. The van der Waals surface area contributed by atoms with E-state index in [2.05, 4.69) is 4.98 Å². The number of Topliss-reactive ketones (excluding diaryl/α,β-unsaturated/α-hetero) is 1. The van der Waals surface area contributed by atoms with E-state index in [1.54, 1.807) is 17.5 Å². The molecule has 0 aliphatic rings. The highest BCUT2D eigenvalue weighted by Gasteiger charge is 2.11. The van der Waals surface area contributed by atoms with Crippen molar-refractivity contribution in [2.24, 2.45) is 0 Å². The zero-order chi connectivity index (χ0) is 12.4. The molecule has 0 spiro atoms. The number of benzene rings is 1. The maximum atomic E-state index is 12.2. The van der Waals surface area contributed by atoms with Crippen LogP contribution >= 0.6 is 11.3 Å². The van der Waals surface area contributed by atoms with Crippen molar-refractivity contribution in [2.75, 3.05) is 0 Å². The predicted octanol–water partition coefficient (Wildman–Crippen LogP) is 3.72. The van der Waals surface area contributed by atoms with Crippen LogP contribution < -0.4 is 0 Å². The van der Waals surface area contributed by atoms with Crippen LogP contribution in [0, 0.1) is 0 Å². The van der Waals surface area contributed by atoms with Gasteiger partial charge in [-0.1, -0.05) is 24.3 Å². The van der Waals surface area contributed by atoms with Gasteiger partial charge >= 0.3 is 0 Å². The van der Waals surface area contributed by atoms with E-state index in [0.717, 1.165) is 20.7 Å². The third kappa shape index (κ3) is 2.17. The minimum absolute atomic E-state index is 0.134. The third-order valence-electron chi connectivity index (χ3n) is 2.77. The first-order valence-corrected chi connectivity index (χ1v) is 6.56. The number of carbonyl (C=O) groups excluding carboxylic acids is 1. The number of rotatable bonds is 3. The molecule has 0 unspecified atom stereocenters. The molecule has 0 bridgehead atoms. The summed E-state index contributed by atoms with van der Waals surface area (Å²) in [4.78, 5) is 17.1. The highest BCUT2D eigenvalue weighted by Crippen LogP contribution is 2.26. The highest BCUT2D eigenvalue weighted by atomic mass is 32.1. The maximum Gasteiger partial charge on any atom is 0.178 e. The molecule has 2 aromatic heterocycles. The molecule has 2 nitrogen and oxygen atoms in total. The summed E-state index contributed by atoms with van der Waals surface area (Å²) >= 11 is 1.55. The smallest absolute Gasteiger partial charge is 0.178 e. The lowest BCUT2D eigenvalue weighted by Gasteiger charge is -1.96. The molecule has 1 aromatic carbocycles. The van der Waals surface area contributed by atoms with Gasteiger partial charge in [0.2, 0.25) is 0 Å². The van der Waals surface area contributed by atoms with Crippen molar-refractivity contribution in [3.63, 3.8) is 0 Å². The Hall–Kier alpha value is -2.00. The number of nitrogens with zero attached hydrogens (tertiary/aromatic N) is 1. The summed E-state index contributed by atoms with van der Waals surface area (Å²) < 4.78 is 1.15. The third-order valence-corrected chi connectivity index (χ3v) is 3.93. The summed E-state index contributed by atoms with van der Waals surface area (Å²) in [5, 5.41) is 1.13. The van der Waals surface area contributed by atoms with Crippen LogP contribution in [0.3, 0.4) is 0 Å². The largest absolute Gasteiger partial charge is 0.293 e. The van der Waals surface area contributed by atoms with E-state index in [0.29, 0.717) is 6.42 Å². The van der Waals surface area contributed by atoms with Crippen LogP contribution in [-0.2, 0) is 6.42 Å². The number of hydrogen-bond acceptors (Lipinski definition) is 3. The molecule has 0 saturated heterocycles. The van der Waals surface area contributed by atoms with Gasteiger partial charge in [-0.2, -0.15) is 0 Å². The number of ketones is 1. The van der Waals surface area contributed by atoms with Crippen LogP contribution in [0.15, 0.2) is 54.7 Å². The van der Waals surface area contributed by atoms with Gasteiger partial charge < -0.3 is 0 Å². The Labute approximate surface area is 109 Å². The van der Waals surface area contributed by atoms with Crippen molar-refractivity contribution in [1.82, 2.24) is 4.98 Å². The number of pyridine rings is 1. The summed E-state index contributed by atoms with van der Waals surface area (Å²) in [5.74, 6) is 0.134. The first kappa shape index (κ1) is 11.1. The van der Waals surface area contributed by atoms with Gasteiger partial charge in [0, 0.05) is 16.6 Å². The molecule has 3 aromatic rings. The molecule has 3 rings (SSSR count). The lowest BCUT2D eigenvalue weighted by Crippen LogP contribution is -2.02. The molecular formula is C15H11NOS. The second kappa shape index (κ2) is 4.70. The molecule has 88 valence electrons. The minimum atomic E-state index is 0.134. The first-order chi connectivity index (χ1) is 8.83. The first-order valence-electron chi connectivity index (χ1n) is 5.74. The molecule has 0 N–H and O–H groups in total. The van der Waals surface area contributed by atoms with E-state index in [1.807, 2.05) is 48.5 Å². The van der Waals surface area contributed by atoms with E-state index in [-0.39, 0.29) is 5.78 Å². The summed E-state index contributed by atoms with van der Waals surface area (Å²) in [7, 11) is 0. The average molecular weight is 253 g/mol. The number of carbonyl (C=O) groups is 1. The fraction of sp³-hybridized carbons (Fsp3) is 0.0667. The Morgan fingerprint density at radius 1 is 1.11 bits per heavy atom. The average Bonchev–Trinajstić information content (AvgIpc) is 2.84. The quantitative estimate of drug-likeness (QED) is 0.666. The van der Waals surface area contributed by atoms with Crippen molar-refractivity contribution in [1.29, 1.82) is 0 Å². The molecule has 2 heterocycles. The second-order valence-corrected chi connectivity index (χ2v) is 5.15. The summed E-state index contributed by atoms with van der Waals surface area (Å²) in [5.41, 5.74) is 0.819. The van der Waals surface area contributed by atoms with Crippen LogP contribution in [0.4, 0.5) is 0 Å². The standard InChI is InChI=1S/C15H11NOS/c17-13(10-12-6-3-4-8-16-12)15-9-11-5-1-2-7-14(11)18-15/h1-9H,10H2. The Morgan fingerprint density at radius 2 is 1.94 bits per heavy atom. The van der Waals surface area contributed by atoms with Gasteiger partial charge in [-0.05, 0) is 29.7 Å². The van der Waals surface area contributed by atoms with Crippen molar-refractivity contribution in [3.05, 3.63) is 65.3 Å². The molecule has 18 heavy (non-hydrogen) atoms. The molecule has 3 heteroatoms. The number of hydrogen-bond donors (Lipinski definition) is 0. The zero-order valence-corrected chi connectivity index (χ0v) is 10.5. The molecular weight excluding hydrogens is 242 g/mol. The molecule has 0 aliphatic carbocycles. The lowest BCUT2D eigenvalue weighted by atomic mass is 10.1. The fourth-order valence-electron chi connectivity index (χ4n) is 1.87. The van der Waals surface area contributed by atoms with Gasteiger partial charge in [-0.3, -0.25) is 9.78 Å². The fourth-order valence-corrected chi connectivity index (χ4v) is 2.87. The van der Waals surface area contributed by atoms with Crippen LogP contribution in [0.2, 0.25) is 0 Å². The van der Waals surface area contributed by atoms with Gasteiger partial charge in [-0.15, -0.1) is 11.3 Å². The monoisotopic (exact) mass is 253 g/mol. The molecule has 0 radical (unpaired) electrons. The Balaban J connectivity index is 1.88. The highest BCUT2D eigenvalue weighted by molar-refractivity contribution is 7.20. The van der Waals surface area contributed by atoms with Gasteiger partial charge in [0.15, 0.2) is 5.78 Å². The van der Waals surface area contributed by atoms with Crippen molar-refractivity contribution >= 4 is 27.2 Å². The molecule has 0 amide bonds. The topological polar surface area (TPSA) is 30.0 Å². The Bertz CT molecular complexity index is 655. The van der Waals surface area contributed by atoms with E-state index >= 15 is 0 Å². The van der Waals surface area contributed by atoms with Gasteiger partial charge in [0.05, 0.1) is 11.3 Å². The maximum absolute atomic E-state index is 12.2. The SMILES string of the molecule is O=C(Cc1ccccn1)c1cc2ccccc2s1. The number of fused-ring (bicyclic) bond motifs is 1. The van der Waals surface area contributed by atoms with E-state index in [9.17, 15) is 4.79 Å². The van der Waals surface area contributed by atoms with Crippen molar-refractivity contribution in [2.45, 2.75) is 6.42 Å². The van der Waals surface area contributed by atoms with Crippen molar-refractivity contribution < 1.29 is 4.79 Å². The molecule has 0 saturated carbocycles. The van der Waals surface area contributed by atoms with Crippen molar-refractivity contribution in [3.8, 4) is 0 Å². The molecule has 0 aliphatic heterocycles. The molecule has 0 fully saturated rings. The lowest BCUT2D eigenvalue weighted by molar-refractivity contribution is 0.0996. The summed E-state index contributed by atoms with van der Waals surface area (Å²) in [6.45, 7) is 0. The Kier molecular flexibility index (Phi) is 2.90. The number of aromatic nitrogens is 1. The summed E-state index contributed by atoms with van der Waals surface area (Å²) in [6, 6.07) is 15.7. The normalized spacial score (nSPS) is 10.7. The van der Waals surface area contributed by atoms with Gasteiger partial charge in [0.1, 0.15) is 0 Å². The minimum Gasteiger partial charge on any atom is -0.293 e. The summed E-state index contributed by atoms with van der Waals surface area (Å²) in [6.07, 6.45) is 2.08. The van der Waals surface area contributed by atoms with E-state index in [1.165, 1.54) is 0 Å².